The minimum absolute atomic E-state index is 0.0424. The van der Waals surface area contributed by atoms with Gasteiger partial charge in [-0.25, -0.2) is 4.68 Å². The van der Waals surface area contributed by atoms with Crippen molar-refractivity contribution in [2.75, 3.05) is 32.7 Å². The summed E-state index contributed by atoms with van der Waals surface area (Å²) in [4.78, 5) is 5.10. The first-order chi connectivity index (χ1) is 10.9. The smallest absolute Gasteiger partial charge is 0.168 e. The predicted molar refractivity (Wildman–Crippen MR) is 93.3 cm³/mol. The maximum atomic E-state index is 4.44. The van der Waals surface area contributed by atoms with Gasteiger partial charge in [0.1, 0.15) is 0 Å². The fourth-order valence-electron chi connectivity index (χ4n) is 3.24. The largest absolute Gasteiger partial charge is 0.301 e. The van der Waals surface area contributed by atoms with Crippen LogP contribution in [0.15, 0.2) is 0 Å². The Balaban J connectivity index is 2.25. The van der Waals surface area contributed by atoms with Crippen LogP contribution >= 0.6 is 0 Å². The lowest BCUT2D eigenvalue weighted by molar-refractivity contribution is 0.0799. The van der Waals surface area contributed by atoms with Gasteiger partial charge >= 0.3 is 0 Å². The zero-order valence-electron chi connectivity index (χ0n) is 15.8. The first kappa shape index (κ1) is 18.3. The van der Waals surface area contributed by atoms with E-state index in [2.05, 4.69) is 71.5 Å². The summed E-state index contributed by atoms with van der Waals surface area (Å²) >= 11 is 0. The summed E-state index contributed by atoms with van der Waals surface area (Å²) in [7, 11) is 0. The van der Waals surface area contributed by atoms with Crippen LogP contribution in [0.5, 0.6) is 0 Å². The monoisotopic (exact) mass is 322 g/mol. The van der Waals surface area contributed by atoms with Crippen LogP contribution in [0.2, 0.25) is 0 Å². The molecule has 0 bridgehead atoms. The zero-order chi connectivity index (χ0) is 17.0. The van der Waals surface area contributed by atoms with E-state index in [1.165, 1.54) is 0 Å². The van der Waals surface area contributed by atoms with Gasteiger partial charge in [-0.3, -0.25) is 4.90 Å². The summed E-state index contributed by atoms with van der Waals surface area (Å²) in [5.41, 5.74) is -0.0424. The van der Waals surface area contributed by atoms with E-state index in [0.717, 1.165) is 51.4 Å². The highest BCUT2D eigenvalue weighted by molar-refractivity contribution is 4.99. The minimum Gasteiger partial charge on any atom is -0.301 e. The number of likely N-dealkylation sites (N-methyl/N-ethyl adjacent to an activating group) is 1. The highest BCUT2D eigenvalue weighted by Gasteiger charge is 2.33. The van der Waals surface area contributed by atoms with Crippen molar-refractivity contribution >= 4 is 0 Å². The van der Waals surface area contributed by atoms with Crippen LogP contribution in [0.4, 0.5) is 0 Å². The molecular weight excluding hydrogens is 288 g/mol. The maximum Gasteiger partial charge on any atom is 0.168 e. The molecule has 0 radical (unpaired) electrons. The summed E-state index contributed by atoms with van der Waals surface area (Å²) in [6.45, 7) is 19.1. The standard InChI is InChI=1S/C17H34N6/c1-7-17(5,6)23-16(18-19-20-23)15(13-14(3)4)22-11-9-21(8-2)10-12-22/h14-15H,7-13H2,1-6H3. The van der Waals surface area contributed by atoms with Crippen molar-refractivity contribution in [1.82, 2.24) is 30.0 Å². The quantitative estimate of drug-likeness (QED) is 0.772. The van der Waals surface area contributed by atoms with Crippen molar-refractivity contribution in [3.8, 4) is 0 Å². The Bertz CT molecular complexity index is 473. The number of hydrogen-bond acceptors (Lipinski definition) is 5. The van der Waals surface area contributed by atoms with Crippen LogP contribution < -0.4 is 0 Å². The lowest BCUT2D eigenvalue weighted by Gasteiger charge is -2.39. The molecule has 0 aromatic carbocycles. The second-order valence-electron chi connectivity index (χ2n) is 7.73. The molecule has 0 N–H and O–H groups in total. The van der Waals surface area contributed by atoms with E-state index >= 15 is 0 Å². The van der Waals surface area contributed by atoms with Gasteiger partial charge in [-0.2, -0.15) is 0 Å². The van der Waals surface area contributed by atoms with Gasteiger partial charge in [-0.1, -0.05) is 27.7 Å². The van der Waals surface area contributed by atoms with Crippen LogP contribution in [0.25, 0.3) is 0 Å². The van der Waals surface area contributed by atoms with E-state index in [1.807, 2.05) is 0 Å². The number of hydrogen-bond donors (Lipinski definition) is 0. The average molecular weight is 323 g/mol. The average Bonchev–Trinajstić information content (AvgIpc) is 3.03. The van der Waals surface area contributed by atoms with Crippen LogP contribution in [-0.2, 0) is 5.54 Å². The van der Waals surface area contributed by atoms with Gasteiger partial charge in [0, 0.05) is 26.2 Å². The third-order valence-corrected chi connectivity index (χ3v) is 5.22. The van der Waals surface area contributed by atoms with Crippen LogP contribution in [0.1, 0.15) is 66.3 Å². The van der Waals surface area contributed by atoms with E-state index in [4.69, 9.17) is 0 Å². The summed E-state index contributed by atoms with van der Waals surface area (Å²) in [5, 5.41) is 12.8. The Labute approximate surface area is 141 Å². The zero-order valence-corrected chi connectivity index (χ0v) is 15.8. The third-order valence-electron chi connectivity index (χ3n) is 5.22. The van der Waals surface area contributed by atoms with Crippen LogP contribution in [0, 0.1) is 5.92 Å². The molecule has 1 aromatic heterocycles. The van der Waals surface area contributed by atoms with Gasteiger partial charge in [0.05, 0.1) is 11.6 Å². The second-order valence-corrected chi connectivity index (χ2v) is 7.73. The Hall–Kier alpha value is -1.01. The molecule has 1 aliphatic heterocycles. The highest BCUT2D eigenvalue weighted by Crippen LogP contribution is 2.30. The van der Waals surface area contributed by atoms with E-state index in [-0.39, 0.29) is 5.54 Å². The summed E-state index contributed by atoms with van der Waals surface area (Å²) in [5.74, 6) is 1.66. The summed E-state index contributed by atoms with van der Waals surface area (Å²) < 4.78 is 2.06. The fraction of sp³-hybridized carbons (Fsp3) is 0.941. The molecule has 0 aliphatic carbocycles. The number of tetrazole rings is 1. The summed E-state index contributed by atoms with van der Waals surface area (Å²) in [6, 6.07) is 0.315. The van der Waals surface area contributed by atoms with E-state index < -0.39 is 0 Å². The minimum atomic E-state index is -0.0424. The van der Waals surface area contributed by atoms with Gasteiger partial charge in [0.2, 0.25) is 0 Å². The van der Waals surface area contributed by atoms with Crippen molar-refractivity contribution in [3.05, 3.63) is 5.82 Å². The van der Waals surface area contributed by atoms with Gasteiger partial charge in [0.15, 0.2) is 5.82 Å². The van der Waals surface area contributed by atoms with Crippen molar-refractivity contribution in [2.45, 2.75) is 66.0 Å². The molecule has 1 aromatic rings. The van der Waals surface area contributed by atoms with E-state index in [9.17, 15) is 0 Å². The molecule has 0 amide bonds. The molecule has 6 nitrogen and oxygen atoms in total. The Morgan fingerprint density at radius 2 is 1.74 bits per heavy atom. The Morgan fingerprint density at radius 3 is 2.26 bits per heavy atom. The van der Waals surface area contributed by atoms with Crippen molar-refractivity contribution in [1.29, 1.82) is 0 Å². The second kappa shape index (κ2) is 7.71. The maximum absolute atomic E-state index is 4.44. The number of nitrogens with zero attached hydrogens (tertiary/aromatic N) is 6. The lowest BCUT2D eigenvalue weighted by atomic mass is 9.98. The molecule has 1 aliphatic rings. The van der Waals surface area contributed by atoms with E-state index in [1.54, 1.807) is 0 Å². The third kappa shape index (κ3) is 4.29. The molecule has 0 spiro atoms. The molecule has 1 unspecified atom stereocenters. The predicted octanol–water partition coefficient (Wildman–Crippen LogP) is 2.54. The normalized spacial score (nSPS) is 19.4. The Kier molecular flexibility index (Phi) is 6.14. The molecule has 0 saturated carbocycles. The lowest BCUT2D eigenvalue weighted by Crippen LogP contribution is -2.48. The van der Waals surface area contributed by atoms with Crippen LogP contribution in [0.3, 0.4) is 0 Å². The molecule has 1 fully saturated rings. The fourth-order valence-corrected chi connectivity index (χ4v) is 3.24. The first-order valence-electron chi connectivity index (χ1n) is 9.14. The van der Waals surface area contributed by atoms with Gasteiger partial charge in [0.25, 0.3) is 0 Å². The molecular formula is C17H34N6. The number of rotatable bonds is 7. The van der Waals surface area contributed by atoms with Gasteiger partial charge in [-0.05, 0) is 49.6 Å². The molecule has 1 atom stereocenters. The number of aromatic nitrogens is 4. The van der Waals surface area contributed by atoms with Crippen molar-refractivity contribution < 1.29 is 0 Å². The first-order valence-corrected chi connectivity index (χ1v) is 9.14. The highest BCUT2D eigenvalue weighted by atomic mass is 15.6. The topological polar surface area (TPSA) is 50.1 Å². The van der Waals surface area contributed by atoms with Crippen molar-refractivity contribution in [3.63, 3.8) is 0 Å². The summed E-state index contributed by atoms with van der Waals surface area (Å²) in [6.07, 6.45) is 2.12. The molecule has 6 heteroatoms. The SMILES string of the molecule is CCN1CCN(C(CC(C)C)c2nnnn2C(C)(C)CC)CC1. The van der Waals surface area contributed by atoms with Gasteiger partial charge < -0.3 is 4.90 Å². The van der Waals surface area contributed by atoms with Crippen LogP contribution in [-0.4, -0.2) is 62.7 Å². The molecule has 132 valence electrons. The Morgan fingerprint density at radius 1 is 1.09 bits per heavy atom. The molecule has 2 heterocycles. The number of piperazine rings is 1. The molecule has 23 heavy (non-hydrogen) atoms. The van der Waals surface area contributed by atoms with E-state index in [0.29, 0.717) is 12.0 Å². The molecule has 1 saturated heterocycles. The molecule has 2 rings (SSSR count). The van der Waals surface area contributed by atoms with Crippen molar-refractivity contribution in [2.24, 2.45) is 5.92 Å². The van der Waals surface area contributed by atoms with Gasteiger partial charge in [-0.15, -0.1) is 5.10 Å².